The minimum Gasteiger partial charge on any atom is -0.294 e. The molecule has 3 heteroatoms. The Morgan fingerprint density at radius 2 is 2.18 bits per heavy atom. The van der Waals surface area contributed by atoms with Crippen LogP contribution in [-0.4, -0.2) is 5.78 Å². The summed E-state index contributed by atoms with van der Waals surface area (Å²) in [6.07, 6.45) is 3.38. The molecular formula is C8H8Cl2O. The van der Waals surface area contributed by atoms with Crippen molar-refractivity contribution in [1.82, 2.24) is 0 Å². The minimum absolute atomic E-state index is 0.0593. The number of halogens is 2. The van der Waals surface area contributed by atoms with Gasteiger partial charge in [0.2, 0.25) is 0 Å². The molecule has 1 aliphatic rings. The Labute approximate surface area is 75.7 Å². The highest BCUT2D eigenvalue weighted by Gasteiger charge is 2.16. The third kappa shape index (κ3) is 1.85. The van der Waals surface area contributed by atoms with Gasteiger partial charge in [-0.05, 0) is 19.8 Å². The molecule has 0 heterocycles. The molecule has 0 radical (unpaired) electrons. The summed E-state index contributed by atoms with van der Waals surface area (Å²) in [4.78, 5) is 11.0. The lowest BCUT2D eigenvalue weighted by molar-refractivity contribution is -0.113. The number of rotatable bonds is 1. The molecule has 0 aliphatic heterocycles. The van der Waals surface area contributed by atoms with Gasteiger partial charge >= 0.3 is 0 Å². The van der Waals surface area contributed by atoms with Crippen molar-refractivity contribution in [2.45, 2.75) is 19.8 Å². The maximum Gasteiger partial charge on any atom is 0.162 e. The van der Waals surface area contributed by atoms with E-state index < -0.39 is 0 Å². The molecule has 0 unspecified atom stereocenters. The lowest BCUT2D eigenvalue weighted by Gasteiger charge is -2.10. The van der Waals surface area contributed by atoms with Crippen LogP contribution in [-0.2, 0) is 4.79 Å². The van der Waals surface area contributed by atoms with Gasteiger partial charge in [0.1, 0.15) is 0 Å². The number of hydrogen-bond acceptors (Lipinski definition) is 1. The van der Waals surface area contributed by atoms with Crippen LogP contribution < -0.4 is 0 Å². The number of carbonyl (C=O) groups excluding carboxylic acids is 1. The molecule has 0 atom stereocenters. The standard InChI is InChI=1S/C8H8Cl2O/c1-5(11)8-6(9)3-2-4-7(8)10/h3H,2,4H2,1H3. The Kier molecular flexibility index (Phi) is 2.74. The lowest BCUT2D eigenvalue weighted by atomic mass is 10.0. The number of ketones is 1. The highest BCUT2D eigenvalue weighted by atomic mass is 35.5. The van der Waals surface area contributed by atoms with Crippen LogP contribution in [0.2, 0.25) is 0 Å². The SMILES string of the molecule is CC(=O)C1=C(Cl)CCC=C1Cl. The van der Waals surface area contributed by atoms with Crippen LogP contribution >= 0.6 is 23.2 Å². The molecule has 60 valence electrons. The van der Waals surface area contributed by atoms with Crippen molar-refractivity contribution in [3.05, 3.63) is 21.7 Å². The van der Waals surface area contributed by atoms with Gasteiger partial charge in [-0.1, -0.05) is 29.3 Å². The third-order valence-electron chi connectivity index (χ3n) is 1.55. The van der Waals surface area contributed by atoms with Gasteiger partial charge in [0.25, 0.3) is 0 Å². The molecule has 0 amide bonds. The van der Waals surface area contributed by atoms with E-state index in [1.807, 2.05) is 6.08 Å². The summed E-state index contributed by atoms with van der Waals surface area (Å²) in [6.45, 7) is 1.47. The Morgan fingerprint density at radius 1 is 1.55 bits per heavy atom. The highest BCUT2D eigenvalue weighted by Crippen LogP contribution is 2.30. The molecule has 1 nitrogen and oxygen atoms in total. The summed E-state index contributed by atoms with van der Waals surface area (Å²) in [5, 5.41) is 1.08. The zero-order valence-electron chi connectivity index (χ0n) is 6.16. The van der Waals surface area contributed by atoms with Crippen LogP contribution in [0.3, 0.4) is 0 Å². The molecule has 0 aromatic rings. The normalized spacial score (nSPS) is 18.3. The van der Waals surface area contributed by atoms with Crippen molar-refractivity contribution in [3.63, 3.8) is 0 Å². The molecular weight excluding hydrogens is 183 g/mol. The molecule has 1 rings (SSSR count). The first kappa shape index (κ1) is 8.82. The maximum atomic E-state index is 11.0. The van der Waals surface area contributed by atoms with E-state index in [2.05, 4.69) is 0 Å². The lowest BCUT2D eigenvalue weighted by Crippen LogP contribution is -2.02. The maximum absolute atomic E-state index is 11.0. The van der Waals surface area contributed by atoms with Crippen LogP contribution in [0.5, 0.6) is 0 Å². The van der Waals surface area contributed by atoms with Gasteiger partial charge in [0.15, 0.2) is 5.78 Å². The van der Waals surface area contributed by atoms with Gasteiger partial charge < -0.3 is 0 Å². The average molecular weight is 191 g/mol. The monoisotopic (exact) mass is 190 g/mol. The second-order valence-electron chi connectivity index (χ2n) is 2.43. The topological polar surface area (TPSA) is 17.1 Å². The van der Waals surface area contributed by atoms with Gasteiger partial charge in [-0.2, -0.15) is 0 Å². The summed E-state index contributed by atoms with van der Waals surface area (Å²) in [6, 6.07) is 0. The van der Waals surface area contributed by atoms with Crippen molar-refractivity contribution in [1.29, 1.82) is 0 Å². The highest BCUT2D eigenvalue weighted by molar-refractivity contribution is 6.40. The van der Waals surface area contributed by atoms with Crippen molar-refractivity contribution < 1.29 is 4.79 Å². The number of Topliss-reactive ketones (excluding diaryl/α,β-unsaturated/α-hetero) is 1. The Hall–Kier alpha value is -0.270. The van der Waals surface area contributed by atoms with Crippen LogP contribution in [0, 0.1) is 0 Å². The van der Waals surface area contributed by atoms with E-state index >= 15 is 0 Å². The Balaban J connectivity index is 3.04. The molecule has 0 N–H and O–H groups in total. The predicted octanol–water partition coefficient (Wildman–Crippen LogP) is 2.98. The fourth-order valence-corrected chi connectivity index (χ4v) is 1.79. The average Bonchev–Trinajstić information content (AvgIpc) is 1.85. The van der Waals surface area contributed by atoms with E-state index in [1.165, 1.54) is 6.92 Å². The van der Waals surface area contributed by atoms with Gasteiger partial charge in [-0.25, -0.2) is 0 Å². The largest absolute Gasteiger partial charge is 0.294 e. The van der Waals surface area contributed by atoms with Crippen molar-refractivity contribution in [2.75, 3.05) is 0 Å². The fourth-order valence-electron chi connectivity index (χ4n) is 1.04. The van der Waals surface area contributed by atoms with Crippen molar-refractivity contribution >= 4 is 29.0 Å². The van der Waals surface area contributed by atoms with E-state index in [0.29, 0.717) is 15.6 Å². The molecule has 0 fully saturated rings. The first-order valence-electron chi connectivity index (χ1n) is 3.38. The van der Waals surface area contributed by atoms with E-state index in [-0.39, 0.29) is 5.78 Å². The van der Waals surface area contributed by atoms with Crippen LogP contribution in [0.15, 0.2) is 21.7 Å². The zero-order valence-corrected chi connectivity index (χ0v) is 7.67. The number of allylic oxidation sites excluding steroid dienone is 4. The predicted molar refractivity (Wildman–Crippen MR) is 46.7 cm³/mol. The van der Waals surface area contributed by atoms with Crippen LogP contribution in [0.1, 0.15) is 19.8 Å². The third-order valence-corrected chi connectivity index (χ3v) is 2.27. The van der Waals surface area contributed by atoms with Crippen LogP contribution in [0.4, 0.5) is 0 Å². The second kappa shape index (κ2) is 3.42. The van der Waals surface area contributed by atoms with E-state index in [9.17, 15) is 4.79 Å². The van der Waals surface area contributed by atoms with E-state index in [0.717, 1.165) is 12.8 Å². The minimum atomic E-state index is -0.0593. The molecule has 11 heavy (non-hydrogen) atoms. The molecule has 1 aliphatic carbocycles. The summed E-state index contributed by atoms with van der Waals surface area (Å²) < 4.78 is 0. The molecule has 0 spiro atoms. The summed E-state index contributed by atoms with van der Waals surface area (Å²) >= 11 is 11.6. The quantitative estimate of drug-likeness (QED) is 0.622. The smallest absolute Gasteiger partial charge is 0.162 e. The summed E-state index contributed by atoms with van der Waals surface area (Å²) in [5.41, 5.74) is 0.486. The molecule has 0 bridgehead atoms. The number of hydrogen-bond donors (Lipinski definition) is 0. The molecule has 0 aromatic carbocycles. The molecule has 0 aromatic heterocycles. The van der Waals surface area contributed by atoms with Gasteiger partial charge in [-0.3, -0.25) is 4.79 Å². The summed E-state index contributed by atoms with van der Waals surface area (Å²) in [7, 11) is 0. The first-order valence-corrected chi connectivity index (χ1v) is 4.14. The summed E-state index contributed by atoms with van der Waals surface area (Å²) in [5.74, 6) is -0.0593. The number of carbonyl (C=O) groups is 1. The van der Waals surface area contributed by atoms with Crippen LogP contribution in [0.25, 0.3) is 0 Å². The van der Waals surface area contributed by atoms with E-state index in [4.69, 9.17) is 23.2 Å². The van der Waals surface area contributed by atoms with Gasteiger partial charge in [-0.15, -0.1) is 0 Å². The second-order valence-corrected chi connectivity index (χ2v) is 3.29. The molecule has 0 saturated heterocycles. The first-order chi connectivity index (χ1) is 5.13. The van der Waals surface area contributed by atoms with Crippen molar-refractivity contribution in [2.24, 2.45) is 0 Å². The Bertz CT molecular complexity index is 251. The Morgan fingerprint density at radius 3 is 2.55 bits per heavy atom. The van der Waals surface area contributed by atoms with Crippen molar-refractivity contribution in [3.8, 4) is 0 Å². The van der Waals surface area contributed by atoms with Gasteiger partial charge in [0, 0.05) is 10.1 Å². The molecule has 0 saturated carbocycles. The fraction of sp³-hybridized carbons (Fsp3) is 0.375. The van der Waals surface area contributed by atoms with E-state index in [1.54, 1.807) is 0 Å². The zero-order chi connectivity index (χ0) is 8.43. The van der Waals surface area contributed by atoms with Gasteiger partial charge in [0.05, 0.1) is 5.57 Å².